The molecular formula is C21H13N3OS. The summed E-state index contributed by atoms with van der Waals surface area (Å²) in [6.45, 7) is 0. The minimum atomic E-state index is -0.225. The molecule has 0 saturated heterocycles. The van der Waals surface area contributed by atoms with E-state index >= 15 is 0 Å². The Balaban J connectivity index is 1.79. The molecule has 2 aromatic carbocycles. The van der Waals surface area contributed by atoms with Gasteiger partial charge in [0.2, 0.25) is 0 Å². The average molecular weight is 355 g/mol. The smallest absolute Gasteiger partial charge is 0.256 e. The Kier molecular flexibility index (Phi) is 4.18. The van der Waals surface area contributed by atoms with E-state index in [2.05, 4.69) is 16.4 Å². The minimum Gasteiger partial charge on any atom is -0.322 e. The number of pyridine rings is 1. The van der Waals surface area contributed by atoms with Crippen LogP contribution in [-0.2, 0) is 0 Å². The van der Waals surface area contributed by atoms with Crippen LogP contribution < -0.4 is 5.32 Å². The van der Waals surface area contributed by atoms with Gasteiger partial charge in [-0.25, -0.2) is 4.98 Å². The largest absolute Gasteiger partial charge is 0.322 e. The van der Waals surface area contributed by atoms with Crippen LogP contribution in [0.15, 0.2) is 72.1 Å². The maximum atomic E-state index is 12.9. The zero-order chi connectivity index (χ0) is 17.9. The zero-order valence-corrected chi connectivity index (χ0v) is 14.5. The first-order chi connectivity index (χ1) is 12.7. The van der Waals surface area contributed by atoms with Crippen LogP contribution in [0, 0.1) is 11.3 Å². The highest BCUT2D eigenvalue weighted by Crippen LogP contribution is 2.28. The monoisotopic (exact) mass is 355 g/mol. The number of rotatable bonds is 3. The average Bonchev–Trinajstić information content (AvgIpc) is 3.22. The van der Waals surface area contributed by atoms with E-state index in [4.69, 9.17) is 5.26 Å². The summed E-state index contributed by atoms with van der Waals surface area (Å²) in [6.07, 6.45) is 0. The molecule has 0 aliphatic carbocycles. The second kappa shape index (κ2) is 6.79. The number of anilines is 1. The fraction of sp³-hybridized carbons (Fsp3) is 0. The molecule has 0 fully saturated rings. The standard InChI is InChI=1S/C21H13N3OS/c22-13-14-5-3-6-15(11-14)23-21(25)17-12-19(20-9-4-10-26-20)24-18-8-2-1-7-16(17)18/h1-12H,(H,23,25). The summed E-state index contributed by atoms with van der Waals surface area (Å²) >= 11 is 1.58. The molecule has 0 bridgehead atoms. The van der Waals surface area contributed by atoms with Gasteiger partial charge in [-0.1, -0.05) is 30.3 Å². The van der Waals surface area contributed by atoms with Gasteiger partial charge in [0, 0.05) is 11.1 Å². The molecule has 5 heteroatoms. The van der Waals surface area contributed by atoms with Crippen molar-refractivity contribution in [1.82, 2.24) is 4.98 Å². The van der Waals surface area contributed by atoms with Gasteiger partial charge >= 0.3 is 0 Å². The summed E-state index contributed by atoms with van der Waals surface area (Å²) in [5, 5.41) is 14.7. The van der Waals surface area contributed by atoms with Crippen LogP contribution in [0.4, 0.5) is 5.69 Å². The number of fused-ring (bicyclic) bond motifs is 1. The van der Waals surface area contributed by atoms with Crippen LogP contribution in [0.3, 0.4) is 0 Å². The molecule has 0 spiro atoms. The number of hydrogen-bond donors (Lipinski definition) is 1. The lowest BCUT2D eigenvalue weighted by molar-refractivity contribution is 0.102. The Hall–Kier alpha value is -3.49. The van der Waals surface area contributed by atoms with Gasteiger partial charge in [0.05, 0.1) is 33.3 Å². The first-order valence-corrected chi connectivity index (χ1v) is 8.88. The number of nitriles is 1. The van der Waals surface area contributed by atoms with E-state index in [-0.39, 0.29) is 5.91 Å². The lowest BCUT2D eigenvalue weighted by Crippen LogP contribution is -2.13. The zero-order valence-electron chi connectivity index (χ0n) is 13.6. The molecule has 0 saturated carbocycles. The lowest BCUT2D eigenvalue weighted by Gasteiger charge is -2.10. The van der Waals surface area contributed by atoms with Crippen LogP contribution in [0.25, 0.3) is 21.5 Å². The number of para-hydroxylation sites is 1. The highest BCUT2D eigenvalue weighted by molar-refractivity contribution is 7.13. The molecule has 1 amide bonds. The van der Waals surface area contributed by atoms with Crippen LogP contribution in [-0.4, -0.2) is 10.9 Å². The Morgan fingerprint density at radius 1 is 1.04 bits per heavy atom. The molecule has 4 rings (SSSR count). The fourth-order valence-electron chi connectivity index (χ4n) is 2.78. The van der Waals surface area contributed by atoms with Crippen molar-refractivity contribution in [2.75, 3.05) is 5.32 Å². The highest BCUT2D eigenvalue weighted by atomic mass is 32.1. The maximum absolute atomic E-state index is 12.9. The molecule has 4 nitrogen and oxygen atoms in total. The van der Waals surface area contributed by atoms with E-state index in [1.807, 2.05) is 47.8 Å². The minimum absolute atomic E-state index is 0.225. The lowest BCUT2D eigenvalue weighted by atomic mass is 10.1. The van der Waals surface area contributed by atoms with Gasteiger partial charge in [0.1, 0.15) is 0 Å². The topological polar surface area (TPSA) is 65.8 Å². The van der Waals surface area contributed by atoms with Crippen LogP contribution in [0.1, 0.15) is 15.9 Å². The predicted octanol–water partition coefficient (Wildman–Crippen LogP) is 5.09. The second-order valence-corrected chi connectivity index (χ2v) is 6.64. The van der Waals surface area contributed by atoms with Crippen molar-refractivity contribution in [3.05, 3.63) is 83.2 Å². The maximum Gasteiger partial charge on any atom is 0.256 e. The Morgan fingerprint density at radius 2 is 1.92 bits per heavy atom. The number of thiophene rings is 1. The van der Waals surface area contributed by atoms with E-state index in [1.54, 1.807) is 35.6 Å². The van der Waals surface area contributed by atoms with Crippen LogP contribution in [0.5, 0.6) is 0 Å². The van der Waals surface area contributed by atoms with Gasteiger partial charge in [-0.3, -0.25) is 4.79 Å². The molecule has 0 aliphatic heterocycles. The Labute approximate surface area is 154 Å². The molecule has 0 radical (unpaired) electrons. The highest BCUT2D eigenvalue weighted by Gasteiger charge is 2.14. The van der Waals surface area contributed by atoms with E-state index in [1.165, 1.54) is 0 Å². The quantitative estimate of drug-likeness (QED) is 0.557. The number of hydrogen-bond acceptors (Lipinski definition) is 4. The number of nitrogens with zero attached hydrogens (tertiary/aromatic N) is 2. The van der Waals surface area contributed by atoms with Gasteiger partial charge in [0.25, 0.3) is 5.91 Å². The summed E-state index contributed by atoms with van der Waals surface area (Å²) in [5.74, 6) is -0.225. The third-order valence-corrected chi connectivity index (χ3v) is 4.88. The third kappa shape index (κ3) is 3.06. The molecule has 26 heavy (non-hydrogen) atoms. The first-order valence-electron chi connectivity index (χ1n) is 8.00. The molecule has 0 atom stereocenters. The van der Waals surface area contributed by atoms with Gasteiger partial charge in [0.15, 0.2) is 0 Å². The summed E-state index contributed by atoms with van der Waals surface area (Å²) in [7, 11) is 0. The van der Waals surface area contributed by atoms with Crippen molar-refractivity contribution >= 4 is 33.8 Å². The number of amides is 1. The summed E-state index contributed by atoms with van der Waals surface area (Å²) in [5.41, 5.74) is 3.19. The SMILES string of the molecule is N#Cc1cccc(NC(=O)c2cc(-c3cccs3)nc3ccccc23)c1. The molecule has 2 heterocycles. The van der Waals surface area contributed by atoms with Crippen molar-refractivity contribution < 1.29 is 4.79 Å². The van der Waals surface area contributed by atoms with Gasteiger partial charge < -0.3 is 5.32 Å². The van der Waals surface area contributed by atoms with Crippen molar-refractivity contribution in [3.8, 4) is 16.6 Å². The van der Waals surface area contributed by atoms with E-state index in [9.17, 15) is 4.79 Å². The van der Waals surface area contributed by atoms with Crippen molar-refractivity contribution in [1.29, 1.82) is 5.26 Å². The molecule has 0 aliphatic rings. The summed E-state index contributed by atoms with van der Waals surface area (Å²) in [4.78, 5) is 18.6. The number of benzene rings is 2. The Morgan fingerprint density at radius 3 is 2.73 bits per heavy atom. The number of nitrogens with one attached hydrogen (secondary N) is 1. The summed E-state index contributed by atoms with van der Waals surface area (Å²) in [6, 6.07) is 22.3. The van der Waals surface area contributed by atoms with Crippen molar-refractivity contribution in [2.24, 2.45) is 0 Å². The molecule has 4 aromatic rings. The van der Waals surface area contributed by atoms with Crippen molar-refractivity contribution in [2.45, 2.75) is 0 Å². The molecule has 124 valence electrons. The van der Waals surface area contributed by atoms with Gasteiger partial charge in [-0.2, -0.15) is 5.26 Å². The summed E-state index contributed by atoms with van der Waals surface area (Å²) < 4.78 is 0. The van der Waals surface area contributed by atoms with E-state index in [0.717, 1.165) is 21.5 Å². The molecule has 1 N–H and O–H groups in total. The predicted molar refractivity (Wildman–Crippen MR) is 104 cm³/mol. The third-order valence-electron chi connectivity index (χ3n) is 3.98. The van der Waals surface area contributed by atoms with Gasteiger partial charge in [-0.05, 0) is 41.8 Å². The number of aromatic nitrogens is 1. The second-order valence-electron chi connectivity index (χ2n) is 5.70. The number of carbonyl (C=O) groups excluding carboxylic acids is 1. The van der Waals surface area contributed by atoms with E-state index < -0.39 is 0 Å². The van der Waals surface area contributed by atoms with Crippen molar-refractivity contribution in [3.63, 3.8) is 0 Å². The van der Waals surface area contributed by atoms with Crippen LogP contribution >= 0.6 is 11.3 Å². The van der Waals surface area contributed by atoms with E-state index in [0.29, 0.717) is 16.8 Å². The first kappa shape index (κ1) is 16.0. The fourth-order valence-corrected chi connectivity index (χ4v) is 3.46. The molecule has 2 aromatic heterocycles. The Bertz CT molecular complexity index is 1140. The normalized spacial score (nSPS) is 10.4. The number of carbonyl (C=O) groups is 1. The van der Waals surface area contributed by atoms with Crippen LogP contribution in [0.2, 0.25) is 0 Å². The molecule has 0 unspecified atom stereocenters. The van der Waals surface area contributed by atoms with Gasteiger partial charge in [-0.15, -0.1) is 11.3 Å². The molecular weight excluding hydrogens is 342 g/mol.